The number of carbonyl (C=O) groups is 2. The quantitative estimate of drug-likeness (QED) is 0.254. The zero-order valence-corrected chi connectivity index (χ0v) is 21.0. The predicted octanol–water partition coefficient (Wildman–Crippen LogP) is 6.22. The maximum absolute atomic E-state index is 13.1. The van der Waals surface area contributed by atoms with Crippen molar-refractivity contribution < 1.29 is 18.7 Å². The first-order valence-electron chi connectivity index (χ1n) is 9.92. The summed E-state index contributed by atoms with van der Waals surface area (Å²) in [5.74, 6) is -1.21. The summed E-state index contributed by atoms with van der Waals surface area (Å²) in [5.41, 5.74) is 2.24. The van der Waals surface area contributed by atoms with Crippen LogP contribution >= 0.6 is 31.9 Å². The summed E-state index contributed by atoms with van der Waals surface area (Å²) in [7, 11) is 0. The van der Waals surface area contributed by atoms with Gasteiger partial charge in [0.15, 0.2) is 6.61 Å². The first-order valence-corrected chi connectivity index (χ1v) is 11.5. The molecule has 0 radical (unpaired) electrons. The highest BCUT2D eigenvalue weighted by Gasteiger charge is 2.15. The molecule has 0 saturated heterocycles. The number of nitrogens with zero attached hydrogens (tertiary/aromatic N) is 1. The number of rotatable bonds is 7. The molecular formula is C25H18Br2FN3O3. The summed E-state index contributed by atoms with van der Waals surface area (Å²) in [6.07, 6.45) is 1.35. The molecule has 2 N–H and O–H groups in total. The molecule has 0 aliphatic carbocycles. The van der Waals surface area contributed by atoms with Crippen molar-refractivity contribution in [3.8, 4) is 11.8 Å². The normalized spacial score (nSPS) is 10.9. The molecule has 3 aromatic carbocycles. The Morgan fingerprint density at radius 1 is 1.03 bits per heavy atom. The molecule has 0 aliphatic rings. The molecule has 172 valence electrons. The van der Waals surface area contributed by atoms with E-state index in [-0.39, 0.29) is 23.8 Å². The Morgan fingerprint density at radius 3 is 2.29 bits per heavy atom. The van der Waals surface area contributed by atoms with Crippen LogP contribution < -0.4 is 15.4 Å². The second kappa shape index (κ2) is 11.6. The number of halogens is 3. The van der Waals surface area contributed by atoms with E-state index in [0.29, 0.717) is 25.9 Å². The van der Waals surface area contributed by atoms with Gasteiger partial charge >= 0.3 is 0 Å². The lowest BCUT2D eigenvalue weighted by Gasteiger charge is -2.13. The van der Waals surface area contributed by atoms with Crippen LogP contribution in [-0.4, -0.2) is 18.4 Å². The third-order valence-electron chi connectivity index (χ3n) is 4.49. The second-order valence-corrected chi connectivity index (χ2v) is 8.91. The molecule has 0 aliphatic heterocycles. The molecule has 3 rings (SSSR count). The van der Waals surface area contributed by atoms with Crippen molar-refractivity contribution in [1.29, 1.82) is 5.26 Å². The van der Waals surface area contributed by atoms with Gasteiger partial charge < -0.3 is 15.4 Å². The Kier molecular flexibility index (Phi) is 8.57. The van der Waals surface area contributed by atoms with Gasteiger partial charge in [0.1, 0.15) is 23.2 Å². The van der Waals surface area contributed by atoms with Crippen molar-refractivity contribution in [2.24, 2.45) is 0 Å². The summed E-state index contributed by atoms with van der Waals surface area (Å²) in [4.78, 5) is 24.9. The number of amides is 2. The van der Waals surface area contributed by atoms with Crippen LogP contribution in [0.3, 0.4) is 0 Å². The third-order valence-corrected chi connectivity index (χ3v) is 5.53. The summed E-state index contributed by atoms with van der Waals surface area (Å²) in [6.45, 7) is 1.66. The van der Waals surface area contributed by atoms with E-state index in [4.69, 9.17) is 4.74 Å². The van der Waals surface area contributed by atoms with Crippen LogP contribution in [0.4, 0.5) is 15.8 Å². The van der Waals surface area contributed by atoms with Crippen molar-refractivity contribution in [1.82, 2.24) is 0 Å². The fourth-order valence-electron chi connectivity index (χ4n) is 2.85. The minimum atomic E-state index is -0.673. The first-order chi connectivity index (χ1) is 16.2. The summed E-state index contributed by atoms with van der Waals surface area (Å²) in [6, 6.07) is 17.7. The lowest BCUT2D eigenvalue weighted by Crippen LogP contribution is -2.20. The molecule has 3 aromatic rings. The van der Waals surface area contributed by atoms with Crippen molar-refractivity contribution in [3.63, 3.8) is 0 Å². The molecule has 0 spiro atoms. The van der Waals surface area contributed by atoms with E-state index >= 15 is 0 Å². The molecule has 0 heterocycles. The molecule has 2 amide bonds. The number of hydrogen-bond donors (Lipinski definition) is 2. The van der Waals surface area contributed by atoms with Crippen LogP contribution in [0.2, 0.25) is 0 Å². The Bertz CT molecular complexity index is 1280. The molecule has 0 aromatic heterocycles. The van der Waals surface area contributed by atoms with Gasteiger partial charge in [0, 0.05) is 21.4 Å². The number of benzene rings is 3. The number of carbonyl (C=O) groups excluding carboxylic acids is 2. The summed E-state index contributed by atoms with van der Waals surface area (Å²) >= 11 is 6.77. The van der Waals surface area contributed by atoms with Crippen molar-refractivity contribution >= 4 is 61.1 Å². The molecule has 9 heteroatoms. The van der Waals surface area contributed by atoms with Crippen LogP contribution in [-0.2, 0) is 9.59 Å². The number of nitrogens with one attached hydrogen (secondary N) is 2. The van der Waals surface area contributed by atoms with Gasteiger partial charge in [-0.1, -0.05) is 33.6 Å². The van der Waals surface area contributed by atoms with Gasteiger partial charge in [-0.25, -0.2) is 4.39 Å². The highest BCUT2D eigenvalue weighted by atomic mass is 79.9. The number of aryl methyl sites for hydroxylation is 1. The molecule has 6 nitrogen and oxygen atoms in total. The smallest absolute Gasteiger partial charge is 0.266 e. The SMILES string of the molecule is Cc1ccc(NC(=O)COc2c(Br)cc(Br)cc2/C=C(\C#N)C(=O)Nc2ccc(F)cc2)cc1. The van der Waals surface area contributed by atoms with Crippen molar-refractivity contribution in [3.05, 3.63) is 92.1 Å². The van der Waals surface area contributed by atoms with Gasteiger partial charge in [0.05, 0.1) is 4.47 Å². The van der Waals surface area contributed by atoms with E-state index in [1.54, 1.807) is 24.3 Å². The van der Waals surface area contributed by atoms with Crippen LogP contribution in [0.15, 0.2) is 75.2 Å². The highest BCUT2D eigenvalue weighted by molar-refractivity contribution is 9.11. The van der Waals surface area contributed by atoms with E-state index < -0.39 is 11.7 Å². The van der Waals surface area contributed by atoms with E-state index in [1.165, 1.54) is 30.3 Å². The fourth-order valence-corrected chi connectivity index (χ4v) is 4.22. The largest absolute Gasteiger partial charge is 0.482 e. The third kappa shape index (κ3) is 7.01. The Morgan fingerprint density at radius 2 is 1.65 bits per heavy atom. The van der Waals surface area contributed by atoms with Gasteiger partial charge in [-0.05, 0) is 77.5 Å². The maximum atomic E-state index is 13.1. The van der Waals surface area contributed by atoms with E-state index in [0.717, 1.165) is 5.56 Å². The second-order valence-electron chi connectivity index (χ2n) is 7.14. The number of ether oxygens (including phenoxy) is 1. The van der Waals surface area contributed by atoms with Crippen LogP contribution in [0.5, 0.6) is 5.75 Å². The molecule has 0 unspecified atom stereocenters. The average Bonchev–Trinajstić information content (AvgIpc) is 2.79. The fraction of sp³-hybridized carbons (Fsp3) is 0.0800. The van der Waals surface area contributed by atoms with Crippen molar-refractivity contribution in [2.75, 3.05) is 17.2 Å². The van der Waals surface area contributed by atoms with Crippen LogP contribution in [0.25, 0.3) is 6.08 Å². The number of anilines is 2. The lowest BCUT2D eigenvalue weighted by atomic mass is 10.1. The van der Waals surface area contributed by atoms with Gasteiger partial charge in [0.2, 0.25) is 0 Å². The number of hydrogen-bond acceptors (Lipinski definition) is 4. The zero-order valence-electron chi connectivity index (χ0n) is 17.9. The molecule has 0 atom stereocenters. The minimum Gasteiger partial charge on any atom is -0.482 e. The first kappa shape index (κ1) is 25.1. The average molecular weight is 587 g/mol. The highest BCUT2D eigenvalue weighted by Crippen LogP contribution is 2.34. The Labute approximate surface area is 212 Å². The molecule has 34 heavy (non-hydrogen) atoms. The lowest BCUT2D eigenvalue weighted by molar-refractivity contribution is -0.118. The monoisotopic (exact) mass is 585 g/mol. The van der Waals surface area contributed by atoms with Crippen LogP contribution in [0, 0.1) is 24.1 Å². The van der Waals surface area contributed by atoms with E-state index in [2.05, 4.69) is 42.5 Å². The molecule has 0 bridgehead atoms. The molecule has 0 fully saturated rings. The van der Waals surface area contributed by atoms with Gasteiger partial charge in [-0.3, -0.25) is 9.59 Å². The van der Waals surface area contributed by atoms with Gasteiger partial charge in [-0.2, -0.15) is 5.26 Å². The van der Waals surface area contributed by atoms with E-state index in [9.17, 15) is 19.2 Å². The Hall–Kier alpha value is -3.48. The standard InChI is InChI=1S/C25H18Br2FN3O3/c1-15-2-6-20(7-3-15)30-23(32)14-34-24-16(11-18(26)12-22(24)27)10-17(13-29)25(33)31-21-8-4-19(28)5-9-21/h2-12H,14H2,1H3,(H,30,32)(H,31,33)/b17-10+. The van der Waals surface area contributed by atoms with E-state index in [1.807, 2.05) is 25.1 Å². The molecule has 0 saturated carbocycles. The van der Waals surface area contributed by atoms with Gasteiger partial charge in [-0.15, -0.1) is 0 Å². The minimum absolute atomic E-state index is 0.205. The topological polar surface area (TPSA) is 91.2 Å². The predicted molar refractivity (Wildman–Crippen MR) is 136 cm³/mol. The maximum Gasteiger partial charge on any atom is 0.266 e. The number of nitriles is 1. The summed E-state index contributed by atoms with van der Waals surface area (Å²) < 4.78 is 20.0. The summed E-state index contributed by atoms with van der Waals surface area (Å²) in [5, 5.41) is 14.8. The molecular weight excluding hydrogens is 569 g/mol. The Balaban J connectivity index is 1.79. The zero-order chi connectivity index (χ0) is 24.7. The van der Waals surface area contributed by atoms with Crippen LogP contribution in [0.1, 0.15) is 11.1 Å². The van der Waals surface area contributed by atoms with Gasteiger partial charge in [0.25, 0.3) is 11.8 Å². The van der Waals surface area contributed by atoms with Crippen molar-refractivity contribution in [2.45, 2.75) is 6.92 Å².